The summed E-state index contributed by atoms with van der Waals surface area (Å²) in [7, 11) is 0. The van der Waals surface area contributed by atoms with Crippen LogP contribution < -0.4 is 10.6 Å². The average Bonchev–Trinajstić information content (AvgIpc) is 3.17. The summed E-state index contributed by atoms with van der Waals surface area (Å²) in [5.41, 5.74) is 2.17. The van der Waals surface area contributed by atoms with Crippen LogP contribution in [0, 0.1) is 5.82 Å². The highest BCUT2D eigenvalue weighted by atomic mass is 32.2. The lowest BCUT2D eigenvalue weighted by atomic mass is 10.2. The fraction of sp³-hybridized carbons (Fsp3) is 0.375. The highest BCUT2D eigenvalue weighted by Crippen LogP contribution is 2.22. The van der Waals surface area contributed by atoms with Crippen LogP contribution in [0.15, 0.2) is 42.5 Å². The molecule has 34 heavy (non-hydrogen) atoms. The van der Waals surface area contributed by atoms with Crippen LogP contribution in [0.4, 0.5) is 15.8 Å². The van der Waals surface area contributed by atoms with E-state index in [1.807, 2.05) is 35.1 Å². The third-order valence-electron chi connectivity index (χ3n) is 5.59. The maximum absolute atomic E-state index is 14.3. The van der Waals surface area contributed by atoms with Crippen LogP contribution in [-0.2, 0) is 26.6 Å². The summed E-state index contributed by atoms with van der Waals surface area (Å²) in [6.07, 6.45) is 2.24. The van der Waals surface area contributed by atoms with Gasteiger partial charge in [0.1, 0.15) is 18.2 Å². The van der Waals surface area contributed by atoms with E-state index in [0.29, 0.717) is 31.2 Å². The van der Waals surface area contributed by atoms with Gasteiger partial charge in [0.05, 0.1) is 35.7 Å². The van der Waals surface area contributed by atoms with Gasteiger partial charge >= 0.3 is 0 Å². The summed E-state index contributed by atoms with van der Waals surface area (Å²) >= 11 is 1.63. The van der Waals surface area contributed by atoms with E-state index in [1.54, 1.807) is 11.8 Å². The van der Waals surface area contributed by atoms with Crippen molar-refractivity contribution >= 4 is 46.0 Å². The normalized spacial score (nSPS) is 14.3. The fourth-order valence-corrected chi connectivity index (χ4v) is 4.36. The first-order chi connectivity index (χ1) is 16.5. The topological polar surface area (TPSA) is 88.5 Å². The van der Waals surface area contributed by atoms with E-state index in [1.165, 1.54) is 18.2 Å². The Balaban J connectivity index is 1.39. The van der Waals surface area contributed by atoms with Crippen molar-refractivity contribution in [3.05, 3.63) is 54.1 Å². The molecule has 0 spiro atoms. The quantitative estimate of drug-likeness (QED) is 0.483. The van der Waals surface area contributed by atoms with Crippen LogP contribution >= 0.6 is 11.8 Å². The maximum Gasteiger partial charge on any atom is 0.244 e. The number of anilines is 2. The van der Waals surface area contributed by atoms with Gasteiger partial charge in [-0.15, -0.1) is 0 Å². The Morgan fingerprint density at radius 3 is 2.71 bits per heavy atom. The van der Waals surface area contributed by atoms with Gasteiger partial charge in [-0.1, -0.05) is 12.1 Å². The third kappa shape index (κ3) is 6.13. The van der Waals surface area contributed by atoms with E-state index in [-0.39, 0.29) is 30.5 Å². The average molecular weight is 486 g/mol. The first-order valence-corrected chi connectivity index (χ1v) is 12.6. The molecule has 1 fully saturated rings. The van der Waals surface area contributed by atoms with Crippen LogP contribution in [0.1, 0.15) is 12.2 Å². The van der Waals surface area contributed by atoms with Gasteiger partial charge in [0.15, 0.2) is 0 Å². The number of thioether (sulfide) groups is 1. The van der Waals surface area contributed by atoms with Gasteiger partial charge in [0.25, 0.3) is 0 Å². The molecule has 2 N–H and O–H groups in total. The number of nitrogens with one attached hydrogen (secondary N) is 2. The number of benzene rings is 2. The molecular weight excluding hydrogens is 457 g/mol. The van der Waals surface area contributed by atoms with Crippen molar-refractivity contribution in [2.45, 2.75) is 18.7 Å². The van der Waals surface area contributed by atoms with E-state index >= 15 is 0 Å². The minimum Gasteiger partial charge on any atom is -0.379 e. The number of para-hydroxylation sites is 2. The van der Waals surface area contributed by atoms with E-state index in [2.05, 4.69) is 20.5 Å². The fourth-order valence-electron chi connectivity index (χ4n) is 3.88. The number of imidazole rings is 1. The highest BCUT2D eigenvalue weighted by Gasteiger charge is 2.16. The molecule has 0 saturated carbocycles. The van der Waals surface area contributed by atoms with Crippen molar-refractivity contribution in [3.63, 3.8) is 0 Å². The number of hydrogen-bond acceptors (Lipinski definition) is 6. The minimum atomic E-state index is -0.555. The van der Waals surface area contributed by atoms with E-state index < -0.39 is 5.82 Å². The molecule has 0 radical (unpaired) electrons. The molecule has 1 saturated heterocycles. The molecule has 0 unspecified atom stereocenters. The summed E-state index contributed by atoms with van der Waals surface area (Å²) in [4.78, 5) is 31.9. The van der Waals surface area contributed by atoms with Gasteiger partial charge < -0.3 is 19.9 Å². The first-order valence-electron chi connectivity index (χ1n) is 11.2. The summed E-state index contributed by atoms with van der Waals surface area (Å²) in [6, 6.07) is 11.8. The molecule has 2 heterocycles. The second kappa shape index (κ2) is 11.5. The number of nitrogens with zero attached hydrogens (tertiary/aromatic N) is 3. The monoisotopic (exact) mass is 485 g/mol. The van der Waals surface area contributed by atoms with Crippen molar-refractivity contribution in [2.24, 2.45) is 0 Å². The standard InChI is InChI=1S/C24H28FN5O3S/c1-34-16-22-27-19-4-2-3-5-21(19)30(22)15-24(32)26-17-6-7-18(25)20(14-17)28-23(31)8-9-29-10-12-33-13-11-29/h2-7,14H,8-13,15-16H2,1H3,(H,26,32)(H,28,31). The lowest BCUT2D eigenvalue weighted by Gasteiger charge is -2.26. The molecule has 2 aromatic carbocycles. The number of carbonyl (C=O) groups excluding carboxylic acids is 2. The summed E-state index contributed by atoms with van der Waals surface area (Å²) in [5, 5.41) is 5.42. The number of halogens is 1. The Hall–Kier alpha value is -2.95. The first kappa shape index (κ1) is 24.2. The lowest BCUT2D eigenvalue weighted by Crippen LogP contribution is -2.38. The zero-order valence-corrected chi connectivity index (χ0v) is 19.9. The van der Waals surface area contributed by atoms with Gasteiger partial charge in [0.2, 0.25) is 11.8 Å². The zero-order valence-electron chi connectivity index (χ0n) is 19.1. The Bertz CT molecular complexity index is 1160. The molecule has 0 bridgehead atoms. The SMILES string of the molecule is CSCc1nc2ccccc2n1CC(=O)Nc1ccc(F)c(NC(=O)CCN2CCOCC2)c1. The molecule has 3 aromatic rings. The van der Waals surface area contributed by atoms with Gasteiger partial charge in [0, 0.05) is 31.7 Å². The molecule has 0 atom stereocenters. The smallest absolute Gasteiger partial charge is 0.244 e. The predicted octanol–water partition coefficient (Wildman–Crippen LogP) is 3.34. The van der Waals surface area contributed by atoms with Crippen molar-refractivity contribution in [2.75, 3.05) is 49.7 Å². The number of aromatic nitrogens is 2. The van der Waals surface area contributed by atoms with Gasteiger partial charge in [-0.3, -0.25) is 14.5 Å². The van der Waals surface area contributed by atoms with Gasteiger partial charge in [-0.25, -0.2) is 9.37 Å². The summed E-state index contributed by atoms with van der Waals surface area (Å²) in [6.45, 7) is 3.55. The molecule has 1 aliphatic heterocycles. The molecule has 1 aromatic heterocycles. The van der Waals surface area contributed by atoms with Crippen molar-refractivity contribution in [1.82, 2.24) is 14.5 Å². The molecule has 10 heteroatoms. The third-order valence-corrected chi connectivity index (χ3v) is 6.14. The number of morpholine rings is 1. The van der Waals surface area contributed by atoms with Crippen molar-refractivity contribution in [1.29, 1.82) is 0 Å². The van der Waals surface area contributed by atoms with Crippen LogP contribution in [0.5, 0.6) is 0 Å². The van der Waals surface area contributed by atoms with E-state index in [9.17, 15) is 14.0 Å². The maximum atomic E-state index is 14.3. The van der Waals surface area contributed by atoms with Gasteiger partial charge in [-0.2, -0.15) is 11.8 Å². The second-order valence-corrected chi connectivity index (χ2v) is 8.90. The Morgan fingerprint density at radius 1 is 1.12 bits per heavy atom. The lowest BCUT2D eigenvalue weighted by molar-refractivity contribution is -0.117. The van der Waals surface area contributed by atoms with Crippen molar-refractivity contribution in [3.8, 4) is 0 Å². The number of ether oxygens (including phenoxy) is 1. The number of hydrogen-bond donors (Lipinski definition) is 2. The van der Waals surface area contributed by atoms with Crippen LogP contribution in [-0.4, -0.2) is 65.4 Å². The van der Waals surface area contributed by atoms with E-state index in [0.717, 1.165) is 29.9 Å². The predicted molar refractivity (Wildman–Crippen MR) is 132 cm³/mol. The van der Waals surface area contributed by atoms with E-state index in [4.69, 9.17) is 4.74 Å². The number of fused-ring (bicyclic) bond motifs is 1. The summed E-state index contributed by atoms with van der Waals surface area (Å²) in [5.74, 6) is 0.401. The number of amides is 2. The number of carbonyl (C=O) groups is 2. The Kier molecular flexibility index (Phi) is 8.15. The molecule has 180 valence electrons. The summed E-state index contributed by atoms with van der Waals surface area (Å²) < 4.78 is 21.5. The van der Waals surface area contributed by atoms with Crippen LogP contribution in [0.25, 0.3) is 11.0 Å². The van der Waals surface area contributed by atoms with Crippen LogP contribution in [0.2, 0.25) is 0 Å². The minimum absolute atomic E-state index is 0.0425. The molecular formula is C24H28FN5O3S. The zero-order chi connectivity index (χ0) is 23.9. The molecule has 1 aliphatic rings. The largest absolute Gasteiger partial charge is 0.379 e. The second-order valence-electron chi connectivity index (χ2n) is 8.03. The number of rotatable bonds is 9. The molecule has 0 aliphatic carbocycles. The van der Waals surface area contributed by atoms with Crippen molar-refractivity contribution < 1.29 is 18.7 Å². The highest BCUT2D eigenvalue weighted by molar-refractivity contribution is 7.97. The van der Waals surface area contributed by atoms with Crippen LogP contribution in [0.3, 0.4) is 0 Å². The Morgan fingerprint density at radius 2 is 1.91 bits per heavy atom. The van der Waals surface area contributed by atoms with Gasteiger partial charge in [-0.05, 0) is 36.6 Å². The molecule has 4 rings (SSSR count). The molecule has 2 amide bonds. The Labute approximate surface area is 201 Å². The molecule has 8 nitrogen and oxygen atoms in total.